The zero-order valence-electron chi connectivity index (χ0n) is 5.25. The molecule has 9 heavy (non-hydrogen) atoms. The predicted octanol–water partition coefficient (Wildman–Crippen LogP) is 0.705. The van der Waals surface area contributed by atoms with Gasteiger partial charge >= 0.3 is 0 Å². The monoisotopic (exact) mass is 126 g/mol. The summed E-state index contributed by atoms with van der Waals surface area (Å²) in [5.41, 5.74) is 0. The van der Waals surface area contributed by atoms with Crippen LogP contribution >= 0.6 is 0 Å². The first-order valence-electron chi connectivity index (χ1n) is 3.73. The molecule has 4 rings (SSSR count). The number of hydrogen-bond donors (Lipinski definition) is 0. The molecule has 4 fully saturated rings. The zero-order valence-corrected chi connectivity index (χ0v) is 5.25. The molecule has 4 unspecified atom stereocenters. The Labute approximate surface area is 54.1 Å². The lowest BCUT2D eigenvalue weighted by molar-refractivity contribution is -0.0276. The molecule has 50 valence electrons. The standard InChI is InChI=1S/C7H10O2/c1-4-2-6-7(8-4)3-5(1)9-6/h4-7H,1-3H2. The lowest BCUT2D eigenvalue weighted by Gasteiger charge is -2.23. The molecule has 0 aromatic rings. The maximum atomic E-state index is 5.63. The van der Waals surface area contributed by atoms with E-state index in [4.69, 9.17) is 9.47 Å². The molecule has 4 aliphatic rings. The van der Waals surface area contributed by atoms with Crippen LogP contribution in [-0.4, -0.2) is 24.4 Å². The average molecular weight is 126 g/mol. The third kappa shape index (κ3) is 0.485. The number of rotatable bonds is 0. The SMILES string of the molecule is C1C2CC3OC1CC3O2. The first kappa shape index (κ1) is 4.69. The van der Waals surface area contributed by atoms with Crippen molar-refractivity contribution < 1.29 is 9.47 Å². The molecule has 2 nitrogen and oxygen atoms in total. The Balaban J connectivity index is 2.00. The highest BCUT2D eigenvalue weighted by Gasteiger charge is 2.49. The Kier molecular flexibility index (Phi) is 0.691. The third-order valence-electron chi connectivity index (χ3n) is 2.67. The van der Waals surface area contributed by atoms with Crippen molar-refractivity contribution in [2.45, 2.75) is 43.7 Å². The minimum absolute atomic E-state index is 0.480. The van der Waals surface area contributed by atoms with Crippen molar-refractivity contribution in [2.75, 3.05) is 0 Å². The van der Waals surface area contributed by atoms with Crippen LogP contribution in [0.3, 0.4) is 0 Å². The second kappa shape index (κ2) is 1.32. The van der Waals surface area contributed by atoms with Crippen LogP contribution < -0.4 is 0 Å². The molecule has 0 aromatic carbocycles. The third-order valence-corrected chi connectivity index (χ3v) is 2.67. The Hall–Kier alpha value is -0.0800. The van der Waals surface area contributed by atoms with Crippen LogP contribution in [0.5, 0.6) is 0 Å². The summed E-state index contributed by atoms with van der Waals surface area (Å²) in [5.74, 6) is 0. The first-order valence-corrected chi connectivity index (χ1v) is 3.73. The number of hydrogen-bond acceptors (Lipinski definition) is 2. The molecule has 0 saturated carbocycles. The van der Waals surface area contributed by atoms with Crippen molar-refractivity contribution in [1.29, 1.82) is 0 Å². The van der Waals surface area contributed by atoms with Gasteiger partial charge in [-0.3, -0.25) is 0 Å². The van der Waals surface area contributed by atoms with Crippen LogP contribution in [0, 0.1) is 0 Å². The normalized spacial score (nSPS) is 61.3. The summed E-state index contributed by atoms with van der Waals surface area (Å²) >= 11 is 0. The summed E-state index contributed by atoms with van der Waals surface area (Å²) in [6.07, 6.45) is 5.58. The molecule has 0 radical (unpaired) electrons. The summed E-state index contributed by atoms with van der Waals surface area (Å²) in [7, 11) is 0. The Morgan fingerprint density at radius 1 is 0.778 bits per heavy atom. The molecular formula is C7H10O2. The highest BCUT2D eigenvalue weighted by Crippen LogP contribution is 2.42. The van der Waals surface area contributed by atoms with Crippen molar-refractivity contribution in [3.8, 4) is 0 Å². The van der Waals surface area contributed by atoms with Gasteiger partial charge < -0.3 is 9.47 Å². The lowest BCUT2D eigenvalue weighted by Crippen LogP contribution is -2.26. The van der Waals surface area contributed by atoms with Crippen molar-refractivity contribution in [2.24, 2.45) is 0 Å². The Morgan fingerprint density at radius 3 is 1.78 bits per heavy atom. The molecule has 4 aliphatic heterocycles. The van der Waals surface area contributed by atoms with Gasteiger partial charge in [-0.2, -0.15) is 0 Å². The fourth-order valence-electron chi connectivity index (χ4n) is 2.31. The summed E-state index contributed by atoms with van der Waals surface area (Å²) < 4.78 is 11.3. The van der Waals surface area contributed by atoms with E-state index in [1.165, 1.54) is 12.8 Å². The average Bonchev–Trinajstić information content (AvgIpc) is 2.20. The van der Waals surface area contributed by atoms with Gasteiger partial charge in [0.1, 0.15) is 0 Å². The summed E-state index contributed by atoms with van der Waals surface area (Å²) in [6, 6.07) is 0. The zero-order chi connectivity index (χ0) is 5.84. The summed E-state index contributed by atoms with van der Waals surface area (Å²) in [6.45, 7) is 0. The molecule has 4 atom stereocenters. The molecule has 2 heteroatoms. The van der Waals surface area contributed by atoms with E-state index in [2.05, 4.69) is 0 Å². The highest BCUT2D eigenvalue weighted by atomic mass is 16.6. The van der Waals surface area contributed by atoms with Gasteiger partial charge in [-0.05, 0) is 6.42 Å². The van der Waals surface area contributed by atoms with Crippen LogP contribution in [0.15, 0.2) is 0 Å². The summed E-state index contributed by atoms with van der Waals surface area (Å²) in [4.78, 5) is 0. The molecule has 0 aromatic heterocycles. The minimum atomic E-state index is 0.480. The van der Waals surface area contributed by atoms with Gasteiger partial charge in [0, 0.05) is 12.8 Å². The van der Waals surface area contributed by atoms with E-state index in [-0.39, 0.29) is 0 Å². The molecule has 0 aliphatic carbocycles. The van der Waals surface area contributed by atoms with Gasteiger partial charge in [0.25, 0.3) is 0 Å². The molecule has 4 heterocycles. The van der Waals surface area contributed by atoms with Crippen LogP contribution in [0.25, 0.3) is 0 Å². The van der Waals surface area contributed by atoms with Gasteiger partial charge in [-0.15, -0.1) is 0 Å². The minimum Gasteiger partial charge on any atom is -0.372 e. The summed E-state index contributed by atoms with van der Waals surface area (Å²) in [5, 5.41) is 0. The van der Waals surface area contributed by atoms with Gasteiger partial charge in [0.15, 0.2) is 0 Å². The second-order valence-corrected chi connectivity index (χ2v) is 3.30. The molecule has 0 spiro atoms. The maximum Gasteiger partial charge on any atom is 0.0866 e. The van der Waals surface area contributed by atoms with Gasteiger partial charge in [0.2, 0.25) is 0 Å². The van der Waals surface area contributed by atoms with Gasteiger partial charge in [0.05, 0.1) is 24.4 Å². The van der Waals surface area contributed by atoms with Crippen molar-refractivity contribution in [3.05, 3.63) is 0 Å². The fraction of sp³-hybridized carbons (Fsp3) is 1.00. The molecular weight excluding hydrogens is 116 g/mol. The van der Waals surface area contributed by atoms with E-state index in [0.29, 0.717) is 24.4 Å². The molecule has 0 amide bonds. The Morgan fingerprint density at radius 2 is 1.33 bits per heavy atom. The van der Waals surface area contributed by atoms with E-state index >= 15 is 0 Å². The predicted molar refractivity (Wildman–Crippen MR) is 31.2 cm³/mol. The van der Waals surface area contributed by atoms with Crippen LogP contribution in [0.2, 0.25) is 0 Å². The van der Waals surface area contributed by atoms with E-state index in [0.717, 1.165) is 6.42 Å². The quantitative estimate of drug-likeness (QED) is 0.475. The molecule has 4 saturated heterocycles. The van der Waals surface area contributed by atoms with E-state index < -0.39 is 0 Å². The Bertz CT molecular complexity index is 112. The van der Waals surface area contributed by atoms with Crippen molar-refractivity contribution in [3.63, 3.8) is 0 Å². The highest BCUT2D eigenvalue weighted by molar-refractivity contribution is 4.97. The second-order valence-electron chi connectivity index (χ2n) is 3.30. The molecule has 0 N–H and O–H groups in total. The lowest BCUT2D eigenvalue weighted by atomic mass is 10.1. The topological polar surface area (TPSA) is 18.5 Å². The first-order chi connectivity index (χ1) is 4.42. The largest absolute Gasteiger partial charge is 0.372 e. The van der Waals surface area contributed by atoms with Gasteiger partial charge in [-0.1, -0.05) is 0 Å². The molecule has 4 bridgehead atoms. The van der Waals surface area contributed by atoms with Gasteiger partial charge in [-0.25, -0.2) is 0 Å². The van der Waals surface area contributed by atoms with E-state index in [1.807, 2.05) is 0 Å². The smallest absolute Gasteiger partial charge is 0.0866 e. The van der Waals surface area contributed by atoms with E-state index in [1.54, 1.807) is 0 Å². The van der Waals surface area contributed by atoms with Crippen molar-refractivity contribution in [1.82, 2.24) is 0 Å². The van der Waals surface area contributed by atoms with Crippen LogP contribution in [0.1, 0.15) is 19.3 Å². The fourth-order valence-corrected chi connectivity index (χ4v) is 2.31. The van der Waals surface area contributed by atoms with Crippen LogP contribution in [-0.2, 0) is 9.47 Å². The maximum absolute atomic E-state index is 5.63. The van der Waals surface area contributed by atoms with E-state index in [9.17, 15) is 0 Å². The number of ether oxygens (including phenoxy) is 2. The van der Waals surface area contributed by atoms with Crippen LogP contribution in [0.4, 0.5) is 0 Å². The van der Waals surface area contributed by atoms with Crippen molar-refractivity contribution >= 4 is 0 Å².